The summed E-state index contributed by atoms with van der Waals surface area (Å²) in [5.41, 5.74) is -1.27. The Morgan fingerprint density at radius 1 is 0.788 bits per heavy atom. The minimum atomic E-state index is -1.08. The van der Waals surface area contributed by atoms with Gasteiger partial charge in [-0.2, -0.15) is 0 Å². The summed E-state index contributed by atoms with van der Waals surface area (Å²) in [6, 6.07) is 6.69. The summed E-state index contributed by atoms with van der Waals surface area (Å²) in [5, 5.41) is 2.59. The van der Waals surface area contributed by atoms with Gasteiger partial charge in [-0.05, 0) is 115 Å². The van der Waals surface area contributed by atoms with Gasteiger partial charge in [0.2, 0.25) is 0 Å². The lowest BCUT2D eigenvalue weighted by molar-refractivity contribution is -0.162. The van der Waals surface area contributed by atoms with Gasteiger partial charge in [0.15, 0.2) is 0 Å². The van der Waals surface area contributed by atoms with E-state index >= 15 is 0 Å². The van der Waals surface area contributed by atoms with E-state index in [1.54, 1.807) is 62.3 Å². The van der Waals surface area contributed by atoms with Crippen molar-refractivity contribution in [2.75, 3.05) is 0 Å². The number of ether oxygens (including phenoxy) is 3. The molecule has 0 bridgehead atoms. The van der Waals surface area contributed by atoms with Gasteiger partial charge in [-0.1, -0.05) is 12.1 Å². The quantitative estimate of drug-likeness (QED) is 0.266. The van der Waals surface area contributed by atoms with Crippen molar-refractivity contribution in [2.24, 2.45) is 5.92 Å². The average molecular weight is 573 g/mol. The summed E-state index contributed by atoms with van der Waals surface area (Å²) >= 11 is 2.21. The minimum absolute atomic E-state index is 0.00898. The molecule has 0 fully saturated rings. The molecule has 0 heterocycles. The van der Waals surface area contributed by atoms with Gasteiger partial charge < -0.3 is 19.5 Å². The van der Waals surface area contributed by atoms with Crippen LogP contribution in [-0.2, 0) is 30.2 Å². The van der Waals surface area contributed by atoms with Crippen molar-refractivity contribution in [1.82, 2.24) is 5.32 Å². The van der Waals surface area contributed by atoms with Crippen molar-refractivity contribution in [3.8, 4) is 0 Å². The number of benzene rings is 1. The maximum absolute atomic E-state index is 13.1. The molecule has 0 aliphatic heterocycles. The van der Waals surface area contributed by atoms with Gasteiger partial charge in [-0.3, -0.25) is 4.79 Å². The molecule has 0 aromatic heterocycles. The highest BCUT2D eigenvalue weighted by molar-refractivity contribution is 14.1. The summed E-state index contributed by atoms with van der Waals surface area (Å²) in [6.07, 6.45) is -0.397. The number of rotatable bonds is 7. The number of amides is 1. The third kappa shape index (κ3) is 12.8. The predicted octanol–water partition coefficient (Wildman–Crippen LogP) is 5.42. The predicted molar refractivity (Wildman–Crippen MR) is 136 cm³/mol. The largest absolute Gasteiger partial charge is 0.460 e. The number of esters is 2. The van der Waals surface area contributed by atoms with Crippen LogP contribution < -0.4 is 5.32 Å². The van der Waals surface area contributed by atoms with Crippen LogP contribution in [0.1, 0.15) is 74.3 Å². The minimum Gasteiger partial charge on any atom is -0.460 e. The molecule has 1 aromatic rings. The van der Waals surface area contributed by atoms with Crippen LogP contribution in [0.25, 0.3) is 0 Å². The monoisotopic (exact) mass is 573 g/mol. The molecule has 1 N–H and O–H groups in total. The number of halogens is 1. The second-order valence-electron chi connectivity index (χ2n) is 11.0. The molecule has 186 valence electrons. The van der Waals surface area contributed by atoms with Crippen molar-refractivity contribution in [1.29, 1.82) is 0 Å². The first-order valence-corrected chi connectivity index (χ1v) is 12.1. The second-order valence-corrected chi connectivity index (χ2v) is 12.3. The highest BCUT2D eigenvalue weighted by Crippen LogP contribution is 2.22. The maximum Gasteiger partial charge on any atom is 0.408 e. The second kappa shape index (κ2) is 11.5. The topological polar surface area (TPSA) is 90.9 Å². The van der Waals surface area contributed by atoms with Crippen LogP contribution in [0.2, 0.25) is 0 Å². The zero-order valence-electron chi connectivity index (χ0n) is 21.2. The highest BCUT2D eigenvalue weighted by Gasteiger charge is 2.35. The Labute approximate surface area is 211 Å². The Bertz CT molecular complexity index is 815. The van der Waals surface area contributed by atoms with Crippen molar-refractivity contribution in [2.45, 2.75) is 98.0 Å². The Morgan fingerprint density at radius 3 is 1.70 bits per heavy atom. The fraction of sp³-hybridized carbons (Fsp3) is 0.640. The molecule has 0 radical (unpaired) electrons. The number of carbonyl (C=O) groups is 3. The van der Waals surface area contributed by atoms with E-state index < -0.39 is 46.8 Å². The highest BCUT2D eigenvalue weighted by atomic mass is 125. The number of carbonyl (C=O) groups excluding carboxylic acids is 3. The van der Waals surface area contributed by atoms with E-state index in [9.17, 15) is 14.4 Å². The first-order valence-electron chi connectivity index (χ1n) is 11.0. The van der Waals surface area contributed by atoms with Gasteiger partial charge in [0.1, 0.15) is 22.8 Å². The summed E-state index contributed by atoms with van der Waals surface area (Å²) in [6.45, 7) is 15.8. The molecule has 0 saturated carbocycles. The zero-order chi connectivity index (χ0) is 25.6. The summed E-state index contributed by atoms with van der Waals surface area (Å²) in [5.74, 6) is -1.76. The molecule has 7 nitrogen and oxygen atoms in total. The van der Waals surface area contributed by atoms with Crippen molar-refractivity contribution in [3.05, 3.63) is 33.4 Å². The standard InChI is InChI=1S/C25H38INO6/c1-23(2,3)31-20(28)17(14-16-10-12-18(26)13-11-16)15-19(21(29)32-24(4,5)6)27-22(30)33-25(7,8)9/h10-13,17,19H,14-15H2,1-9H3,(H,27,30)/t17-,19-/m0/s1/i26-2. The van der Waals surface area contributed by atoms with Crippen LogP contribution in [0.5, 0.6) is 0 Å². The van der Waals surface area contributed by atoms with Gasteiger partial charge >= 0.3 is 18.0 Å². The third-order valence-electron chi connectivity index (χ3n) is 4.04. The van der Waals surface area contributed by atoms with E-state index in [1.807, 2.05) is 24.3 Å². The van der Waals surface area contributed by atoms with Crippen molar-refractivity contribution in [3.63, 3.8) is 0 Å². The van der Waals surface area contributed by atoms with Gasteiger partial charge in [-0.15, -0.1) is 0 Å². The number of nitrogens with one attached hydrogen (secondary N) is 1. The van der Waals surface area contributed by atoms with Crippen LogP contribution in [0.4, 0.5) is 4.79 Å². The van der Waals surface area contributed by atoms with E-state index in [-0.39, 0.29) is 6.42 Å². The van der Waals surface area contributed by atoms with Gasteiger partial charge in [0.05, 0.1) is 5.92 Å². The molecule has 0 aliphatic rings. The van der Waals surface area contributed by atoms with E-state index in [4.69, 9.17) is 14.2 Å². The Kier molecular flexibility index (Phi) is 10.2. The molecule has 0 spiro atoms. The third-order valence-corrected chi connectivity index (χ3v) is 4.76. The Morgan fingerprint density at radius 2 is 1.24 bits per heavy atom. The van der Waals surface area contributed by atoms with E-state index in [2.05, 4.69) is 27.9 Å². The molecule has 33 heavy (non-hydrogen) atoms. The van der Waals surface area contributed by atoms with Crippen molar-refractivity contribution < 1.29 is 28.6 Å². The summed E-state index contributed by atoms with van der Waals surface area (Å²) in [4.78, 5) is 38.5. The summed E-state index contributed by atoms with van der Waals surface area (Å²) in [7, 11) is 0. The van der Waals surface area contributed by atoms with E-state index in [1.165, 1.54) is 0 Å². The molecular formula is C25H38INO6. The first-order chi connectivity index (χ1) is 14.8. The molecule has 0 saturated heterocycles. The fourth-order valence-corrected chi connectivity index (χ4v) is 3.23. The van der Waals surface area contributed by atoms with E-state index in [0.717, 1.165) is 9.13 Å². The number of alkyl carbamates (subject to hydrolysis) is 1. The van der Waals surface area contributed by atoms with Gasteiger partial charge in [-0.25, -0.2) is 9.59 Å². The van der Waals surface area contributed by atoms with Gasteiger partial charge in [0, 0.05) is 3.57 Å². The molecule has 8 heteroatoms. The zero-order valence-corrected chi connectivity index (χ0v) is 23.4. The molecule has 2 atom stereocenters. The lowest BCUT2D eigenvalue weighted by Crippen LogP contribution is -2.48. The first kappa shape index (κ1) is 29.2. The average Bonchev–Trinajstić information content (AvgIpc) is 2.57. The van der Waals surface area contributed by atoms with Crippen LogP contribution in [0.15, 0.2) is 24.3 Å². The lowest BCUT2D eigenvalue weighted by atomic mass is 9.92. The SMILES string of the molecule is CC(C)(C)OC(=O)N[C@@H](C[C@H](Cc1ccc([125I])cc1)C(=O)OC(C)(C)C)C(=O)OC(C)(C)C. The number of hydrogen-bond acceptors (Lipinski definition) is 6. The smallest absolute Gasteiger partial charge is 0.408 e. The van der Waals surface area contributed by atoms with Crippen molar-refractivity contribution >= 4 is 40.6 Å². The van der Waals surface area contributed by atoms with Crippen LogP contribution in [0.3, 0.4) is 0 Å². The molecular weight excluding hydrogens is 535 g/mol. The number of hydrogen-bond donors (Lipinski definition) is 1. The molecule has 0 aliphatic carbocycles. The normalized spacial score (nSPS) is 14.1. The Balaban J connectivity index is 3.21. The molecule has 0 unspecified atom stereocenters. The lowest BCUT2D eigenvalue weighted by Gasteiger charge is -2.29. The fourth-order valence-electron chi connectivity index (χ4n) is 2.87. The van der Waals surface area contributed by atoms with Gasteiger partial charge in [0.25, 0.3) is 0 Å². The Hall–Kier alpha value is -1.84. The van der Waals surface area contributed by atoms with Crippen LogP contribution in [0, 0.1) is 9.49 Å². The summed E-state index contributed by atoms with van der Waals surface area (Å²) < 4.78 is 17.5. The van der Waals surface area contributed by atoms with Crippen LogP contribution >= 0.6 is 22.6 Å². The van der Waals surface area contributed by atoms with E-state index in [0.29, 0.717) is 6.42 Å². The van der Waals surface area contributed by atoms with Crippen LogP contribution in [-0.4, -0.2) is 40.9 Å². The molecule has 1 rings (SSSR count). The molecule has 1 amide bonds. The maximum atomic E-state index is 13.1. The molecule has 1 aromatic carbocycles.